The van der Waals surface area contributed by atoms with Crippen LogP contribution in [0, 0.1) is 5.82 Å². The predicted molar refractivity (Wildman–Crippen MR) is 101 cm³/mol. The highest BCUT2D eigenvalue weighted by molar-refractivity contribution is 7.89. The lowest BCUT2D eigenvalue weighted by Crippen LogP contribution is -2.36. The Kier molecular flexibility index (Phi) is 6.07. The standard InChI is InChI=1S/C19H17FN4O3S/c20-16-4-1-5-17(11-16)28(26,27)24-13-18(25)23-12-15-3-2-8-22-19(15)14-6-9-21-10-7-14/h1-11,24H,12-13H2,(H,23,25). The van der Waals surface area contributed by atoms with Crippen LogP contribution >= 0.6 is 0 Å². The van der Waals surface area contributed by atoms with Gasteiger partial charge >= 0.3 is 0 Å². The monoisotopic (exact) mass is 400 g/mol. The third kappa shape index (κ3) is 4.96. The van der Waals surface area contributed by atoms with Gasteiger partial charge in [-0.15, -0.1) is 0 Å². The molecule has 0 aliphatic rings. The molecule has 144 valence electrons. The highest BCUT2D eigenvalue weighted by Gasteiger charge is 2.16. The molecular weight excluding hydrogens is 383 g/mol. The molecule has 0 aliphatic carbocycles. The van der Waals surface area contributed by atoms with Gasteiger partial charge in [0.05, 0.1) is 17.1 Å². The fourth-order valence-corrected chi connectivity index (χ4v) is 3.50. The van der Waals surface area contributed by atoms with Crippen molar-refractivity contribution in [3.8, 4) is 11.3 Å². The lowest BCUT2D eigenvalue weighted by Gasteiger charge is -2.11. The topological polar surface area (TPSA) is 101 Å². The molecular formula is C19H17FN4O3S. The number of benzene rings is 1. The van der Waals surface area contributed by atoms with Crippen molar-refractivity contribution in [1.29, 1.82) is 0 Å². The molecule has 3 aromatic rings. The normalized spacial score (nSPS) is 11.2. The molecule has 0 saturated heterocycles. The predicted octanol–water partition coefficient (Wildman–Crippen LogP) is 1.88. The summed E-state index contributed by atoms with van der Waals surface area (Å²) in [6, 6.07) is 11.7. The fourth-order valence-electron chi connectivity index (χ4n) is 2.49. The first-order valence-corrected chi connectivity index (χ1v) is 9.80. The molecule has 2 aromatic heterocycles. The van der Waals surface area contributed by atoms with Crippen molar-refractivity contribution >= 4 is 15.9 Å². The number of carbonyl (C=O) groups is 1. The Bertz CT molecular complexity index is 1080. The average molecular weight is 400 g/mol. The number of aromatic nitrogens is 2. The van der Waals surface area contributed by atoms with Crippen LogP contribution in [0.15, 0.2) is 72.0 Å². The van der Waals surface area contributed by atoms with E-state index in [2.05, 4.69) is 20.0 Å². The average Bonchev–Trinajstić information content (AvgIpc) is 2.72. The molecule has 7 nitrogen and oxygen atoms in total. The maximum Gasteiger partial charge on any atom is 0.241 e. The van der Waals surface area contributed by atoms with E-state index >= 15 is 0 Å². The van der Waals surface area contributed by atoms with Gasteiger partial charge in [0.15, 0.2) is 0 Å². The largest absolute Gasteiger partial charge is 0.351 e. The number of hydrogen-bond donors (Lipinski definition) is 2. The molecule has 3 rings (SSSR count). The van der Waals surface area contributed by atoms with Crippen LogP contribution < -0.4 is 10.0 Å². The Morgan fingerprint density at radius 3 is 2.57 bits per heavy atom. The molecule has 2 heterocycles. The van der Waals surface area contributed by atoms with E-state index in [0.717, 1.165) is 23.3 Å². The first kappa shape index (κ1) is 19.6. The molecule has 0 aliphatic heterocycles. The zero-order valence-electron chi connectivity index (χ0n) is 14.7. The van der Waals surface area contributed by atoms with E-state index < -0.39 is 28.3 Å². The Hall–Kier alpha value is -3.17. The summed E-state index contributed by atoms with van der Waals surface area (Å²) in [7, 11) is -3.98. The number of hydrogen-bond acceptors (Lipinski definition) is 5. The van der Waals surface area contributed by atoms with Gasteiger partial charge in [0.2, 0.25) is 15.9 Å². The second-order valence-corrected chi connectivity index (χ2v) is 7.57. The summed E-state index contributed by atoms with van der Waals surface area (Å²) in [4.78, 5) is 20.1. The summed E-state index contributed by atoms with van der Waals surface area (Å²) in [5.41, 5.74) is 2.33. The summed E-state index contributed by atoms with van der Waals surface area (Å²) in [6.45, 7) is -0.296. The minimum absolute atomic E-state index is 0.173. The summed E-state index contributed by atoms with van der Waals surface area (Å²) in [6.07, 6.45) is 4.94. The van der Waals surface area contributed by atoms with E-state index in [1.165, 1.54) is 12.1 Å². The molecule has 9 heteroatoms. The number of halogens is 1. The summed E-state index contributed by atoms with van der Waals surface area (Å²) in [5, 5.41) is 2.65. The molecule has 2 N–H and O–H groups in total. The van der Waals surface area contributed by atoms with Crippen LogP contribution in [-0.4, -0.2) is 30.8 Å². The fraction of sp³-hybridized carbons (Fsp3) is 0.105. The third-order valence-corrected chi connectivity index (χ3v) is 5.25. The molecule has 1 amide bonds. The molecule has 0 atom stereocenters. The number of carbonyl (C=O) groups excluding carboxylic acids is 1. The van der Waals surface area contributed by atoms with Crippen LogP contribution in [0.25, 0.3) is 11.3 Å². The van der Waals surface area contributed by atoms with Crippen LogP contribution in [0.5, 0.6) is 0 Å². The van der Waals surface area contributed by atoms with Crippen molar-refractivity contribution in [2.24, 2.45) is 0 Å². The van der Waals surface area contributed by atoms with E-state index in [0.29, 0.717) is 5.69 Å². The molecule has 0 saturated carbocycles. The van der Waals surface area contributed by atoms with Crippen molar-refractivity contribution in [3.05, 3.63) is 78.5 Å². The molecule has 0 fully saturated rings. The van der Waals surface area contributed by atoms with Gasteiger partial charge in [-0.25, -0.2) is 17.5 Å². The molecule has 1 aromatic carbocycles. The van der Waals surface area contributed by atoms with Crippen molar-refractivity contribution in [2.45, 2.75) is 11.4 Å². The van der Waals surface area contributed by atoms with E-state index in [1.807, 2.05) is 6.07 Å². The Balaban J connectivity index is 1.61. The van der Waals surface area contributed by atoms with Crippen LogP contribution in [0.4, 0.5) is 4.39 Å². The van der Waals surface area contributed by atoms with Gasteiger partial charge in [0.25, 0.3) is 0 Å². The SMILES string of the molecule is O=C(CNS(=O)(=O)c1cccc(F)c1)NCc1cccnc1-c1ccncc1. The van der Waals surface area contributed by atoms with Crippen molar-refractivity contribution in [3.63, 3.8) is 0 Å². The zero-order valence-corrected chi connectivity index (χ0v) is 15.5. The van der Waals surface area contributed by atoms with E-state index in [9.17, 15) is 17.6 Å². The smallest absolute Gasteiger partial charge is 0.241 e. The number of nitrogens with zero attached hydrogens (tertiary/aromatic N) is 2. The van der Waals surface area contributed by atoms with Gasteiger partial charge in [-0.3, -0.25) is 14.8 Å². The van der Waals surface area contributed by atoms with Crippen molar-refractivity contribution in [2.75, 3.05) is 6.54 Å². The summed E-state index contributed by atoms with van der Waals surface area (Å²) < 4.78 is 39.6. The van der Waals surface area contributed by atoms with E-state index in [1.54, 1.807) is 36.8 Å². The molecule has 0 unspecified atom stereocenters. The minimum Gasteiger partial charge on any atom is -0.351 e. The van der Waals surface area contributed by atoms with Crippen molar-refractivity contribution < 1.29 is 17.6 Å². The quantitative estimate of drug-likeness (QED) is 0.631. The molecule has 28 heavy (non-hydrogen) atoms. The van der Waals surface area contributed by atoms with Gasteiger partial charge in [-0.1, -0.05) is 12.1 Å². The highest BCUT2D eigenvalue weighted by Crippen LogP contribution is 2.20. The summed E-state index contributed by atoms with van der Waals surface area (Å²) in [5.74, 6) is -1.20. The summed E-state index contributed by atoms with van der Waals surface area (Å²) >= 11 is 0. The molecule has 0 spiro atoms. The van der Waals surface area contributed by atoms with Crippen LogP contribution in [0.1, 0.15) is 5.56 Å². The second kappa shape index (κ2) is 8.68. The zero-order chi connectivity index (χ0) is 20.0. The van der Waals surface area contributed by atoms with Gasteiger partial charge < -0.3 is 5.32 Å². The Labute approximate surface area is 161 Å². The van der Waals surface area contributed by atoms with Crippen molar-refractivity contribution in [1.82, 2.24) is 20.0 Å². The number of amides is 1. The highest BCUT2D eigenvalue weighted by atomic mass is 32.2. The Morgan fingerprint density at radius 1 is 1.04 bits per heavy atom. The first-order valence-electron chi connectivity index (χ1n) is 8.32. The van der Waals surface area contributed by atoms with Crippen LogP contribution in [-0.2, 0) is 21.4 Å². The molecule has 0 bridgehead atoms. The maximum absolute atomic E-state index is 13.2. The Morgan fingerprint density at radius 2 is 1.82 bits per heavy atom. The van der Waals surface area contributed by atoms with Gasteiger partial charge in [-0.05, 0) is 42.0 Å². The van der Waals surface area contributed by atoms with Gasteiger partial charge in [-0.2, -0.15) is 0 Å². The van der Waals surface area contributed by atoms with E-state index in [4.69, 9.17) is 0 Å². The number of rotatable bonds is 7. The van der Waals surface area contributed by atoms with Crippen LogP contribution in [0.2, 0.25) is 0 Å². The lowest BCUT2D eigenvalue weighted by atomic mass is 10.1. The lowest BCUT2D eigenvalue weighted by molar-refractivity contribution is -0.120. The van der Waals surface area contributed by atoms with E-state index in [-0.39, 0.29) is 11.4 Å². The number of nitrogens with one attached hydrogen (secondary N) is 2. The number of sulfonamides is 1. The van der Waals surface area contributed by atoms with Crippen LogP contribution in [0.3, 0.4) is 0 Å². The number of pyridine rings is 2. The van der Waals surface area contributed by atoms with Gasteiger partial charge in [0, 0.05) is 30.7 Å². The third-order valence-electron chi connectivity index (χ3n) is 3.85. The van der Waals surface area contributed by atoms with Gasteiger partial charge in [0.1, 0.15) is 5.82 Å². The second-order valence-electron chi connectivity index (χ2n) is 5.81. The maximum atomic E-state index is 13.2. The first-order chi connectivity index (χ1) is 13.5. The minimum atomic E-state index is -3.98. The molecule has 0 radical (unpaired) electrons.